The van der Waals surface area contributed by atoms with E-state index >= 15 is 0 Å². The van der Waals surface area contributed by atoms with Gasteiger partial charge in [-0.15, -0.1) is 0 Å². The van der Waals surface area contributed by atoms with Gasteiger partial charge in [-0.25, -0.2) is 9.97 Å². The number of nitrogen functional groups attached to an aromatic ring is 1. The highest BCUT2D eigenvalue weighted by atomic mass is 16.5. The van der Waals surface area contributed by atoms with Gasteiger partial charge in [0.25, 0.3) is 0 Å². The van der Waals surface area contributed by atoms with Gasteiger partial charge in [0.15, 0.2) is 5.82 Å². The molecule has 0 aliphatic carbocycles. The molecular weight excluding hydrogens is 204 g/mol. The maximum Gasteiger partial charge on any atom is 0.157 e. The van der Waals surface area contributed by atoms with Crippen molar-refractivity contribution in [1.82, 2.24) is 9.97 Å². The minimum atomic E-state index is 0.505. The standard InChI is InChI=1S/C11H12N4O/c1-16-9-4-2-3-8(5-9)15-11-10(12)6-13-7-14-11/h2-7H,12H2,1H3,(H,13,14,15). The van der Waals surface area contributed by atoms with E-state index in [1.54, 1.807) is 13.3 Å². The normalized spacial score (nSPS) is 9.81. The fourth-order valence-corrected chi connectivity index (χ4v) is 1.28. The summed E-state index contributed by atoms with van der Waals surface area (Å²) in [6.45, 7) is 0. The zero-order chi connectivity index (χ0) is 11.4. The van der Waals surface area contributed by atoms with Crippen molar-refractivity contribution in [3.63, 3.8) is 0 Å². The van der Waals surface area contributed by atoms with Gasteiger partial charge < -0.3 is 15.8 Å². The molecule has 2 rings (SSSR count). The highest BCUT2D eigenvalue weighted by molar-refractivity contribution is 5.68. The second-order valence-electron chi connectivity index (χ2n) is 3.18. The Morgan fingerprint density at radius 1 is 1.38 bits per heavy atom. The summed E-state index contributed by atoms with van der Waals surface area (Å²) >= 11 is 0. The molecule has 0 amide bonds. The number of nitrogens with one attached hydrogen (secondary N) is 1. The van der Waals surface area contributed by atoms with Gasteiger partial charge in [0.1, 0.15) is 12.1 Å². The molecule has 82 valence electrons. The zero-order valence-electron chi connectivity index (χ0n) is 8.84. The highest BCUT2D eigenvalue weighted by Gasteiger charge is 2.01. The van der Waals surface area contributed by atoms with Crippen molar-refractivity contribution >= 4 is 17.2 Å². The van der Waals surface area contributed by atoms with E-state index in [1.807, 2.05) is 24.3 Å². The number of nitrogens with two attached hydrogens (primary N) is 1. The fourth-order valence-electron chi connectivity index (χ4n) is 1.28. The molecule has 0 fully saturated rings. The summed E-state index contributed by atoms with van der Waals surface area (Å²) in [5.74, 6) is 1.36. The second kappa shape index (κ2) is 4.48. The summed E-state index contributed by atoms with van der Waals surface area (Å²) in [6, 6.07) is 7.53. The third-order valence-corrected chi connectivity index (χ3v) is 2.07. The van der Waals surface area contributed by atoms with Gasteiger partial charge in [0, 0.05) is 11.8 Å². The predicted molar refractivity (Wildman–Crippen MR) is 62.7 cm³/mol. The lowest BCUT2D eigenvalue weighted by Gasteiger charge is -2.08. The Morgan fingerprint density at radius 2 is 2.25 bits per heavy atom. The monoisotopic (exact) mass is 216 g/mol. The van der Waals surface area contributed by atoms with E-state index in [1.165, 1.54) is 6.33 Å². The Labute approximate surface area is 93.3 Å². The maximum absolute atomic E-state index is 5.72. The maximum atomic E-state index is 5.72. The molecular formula is C11H12N4O. The Kier molecular flexibility index (Phi) is 2.86. The van der Waals surface area contributed by atoms with Gasteiger partial charge in [-0.2, -0.15) is 0 Å². The first-order valence-electron chi connectivity index (χ1n) is 4.76. The lowest BCUT2D eigenvalue weighted by atomic mass is 10.3. The Balaban J connectivity index is 2.24. The van der Waals surface area contributed by atoms with Crippen molar-refractivity contribution in [2.75, 3.05) is 18.2 Å². The number of nitrogens with zero attached hydrogens (tertiary/aromatic N) is 2. The van der Waals surface area contributed by atoms with Crippen molar-refractivity contribution in [2.24, 2.45) is 0 Å². The van der Waals surface area contributed by atoms with Crippen LogP contribution in [0.3, 0.4) is 0 Å². The number of benzene rings is 1. The van der Waals surface area contributed by atoms with E-state index in [4.69, 9.17) is 10.5 Å². The Hall–Kier alpha value is -2.30. The van der Waals surface area contributed by atoms with Gasteiger partial charge in [-0.05, 0) is 12.1 Å². The van der Waals surface area contributed by atoms with E-state index in [0.29, 0.717) is 11.5 Å². The summed E-state index contributed by atoms with van der Waals surface area (Å²) in [6.07, 6.45) is 2.99. The van der Waals surface area contributed by atoms with Crippen molar-refractivity contribution in [3.05, 3.63) is 36.8 Å². The van der Waals surface area contributed by atoms with Crippen LogP contribution in [0.25, 0.3) is 0 Å². The quantitative estimate of drug-likeness (QED) is 0.818. The molecule has 0 saturated carbocycles. The third kappa shape index (κ3) is 2.20. The second-order valence-corrected chi connectivity index (χ2v) is 3.18. The molecule has 2 aromatic rings. The lowest BCUT2D eigenvalue weighted by Crippen LogP contribution is -1.99. The molecule has 5 heteroatoms. The summed E-state index contributed by atoms with van der Waals surface area (Å²) in [4.78, 5) is 7.86. The van der Waals surface area contributed by atoms with Gasteiger partial charge in [0.05, 0.1) is 19.0 Å². The number of hydrogen-bond acceptors (Lipinski definition) is 5. The van der Waals surface area contributed by atoms with Gasteiger partial charge >= 0.3 is 0 Å². The molecule has 0 radical (unpaired) electrons. The largest absolute Gasteiger partial charge is 0.497 e. The summed E-state index contributed by atoms with van der Waals surface area (Å²) in [5.41, 5.74) is 7.09. The van der Waals surface area contributed by atoms with E-state index in [9.17, 15) is 0 Å². The number of ether oxygens (including phenoxy) is 1. The molecule has 3 N–H and O–H groups in total. The van der Waals surface area contributed by atoms with E-state index < -0.39 is 0 Å². The first-order valence-corrected chi connectivity index (χ1v) is 4.76. The topological polar surface area (TPSA) is 73.1 Å². The van der Waals surface area contributed by atoms with E-state index in [0.717, 1.165) is 11.4 Å². The summed E-state index contributed by atoms with van der Waals surface area (Å²) in [7, 11) is 1.62. The molecule has 0 aliphatic heterocycles. The van der Waals surface area contributed by atoms with E-state index in [-0.39, 0.29) is 0 Å². The first kappa shape index (κ1) is 10.2. The van der Waals surface area contributed by atoms with Crippen LogP contribution in [0.1, 0.15) is 0 Å². The van der Waals surface area contributed by atoms with Crippen molar-refractivity contribution < 1.29 is 4.74 Å². The van der Waals surface area contributed by atoms with Crippen molar-refractivity contribution in [1.29, 1.82) is 0 Å². The molecule has 1 aromatic carbocycles. The number of hydrogen-bond donors (Lipinski definition) is 2. The minimum Gasteiger partial charge on any atom is -0.497 e. The van der Waals surface area contributed by atoms with Crippen LogP contribution in [0.2, 0.25) is 0 Å². The SMILES string of the molecule is COc1cccc(Nc2ncncc2N)c1. The minimum absolute atomic E-state index is 0.505. The van der Waals surface area contributed by atoms with Crippen LogP contribution in [0.4, 0.5) is 17.2 Å². The van der Waals surface area contributed by atoms with Crippen molar-refractivity contribution in [3.8, 4) is 5.75 Å². The number of methoxy groups -OCH3 is 1. The molecule has 5 nitrogen and oxygen atoms in total. The smallest absolute Gasteiger partial charge is 0.157 e. The number of rotatable bonds is 3. The molecule has 1 aromatic heterocycles. The lowest BCUT2D eigenvalue weighted by molar-refractivity contribution is 0.415. The molecule has 1 heterocycles. The van der Waals surface area contributed by atoms with Crippen LogP contribution >= 0.6 is 0 Å². The number of aromatic nitrogens is 2. The molecule has 16 heavy (non-hydrogen) atoms. The molecule has 0 aliphatic rings. The van der Waals surface area contributed by atoms with Gasteiger partial charge in [-0.1, -0.05) is 6.07 Å². The predicted octanol–water partition coefficient (Wildman–Crippen LogP) is 1.81. The fraction of sp³-hybridized carbons (Fsp3) is 0.0909. The Bertz CT molecular complexity index is 487. The van der Waals surface area contributed by atoms with E-state index in [2.05, 4.69) is 15.3 Å². The summed E-state index contributed by atoms with van der Waals surface area (Å²) < 4.78 is 5.12. The number of anilines is 3. The first-order chi connectivity index (χ1) is 7.79. The van der Waals surface area contributed by atoms with Crippen LogP contribution < -0.4 is 15.8 Å². The molecule has 0 spiro atoms. The molecule has 0 atom stereocenters. The van der Waals surface area contributed by atoms with Crippen LogP contribution in [0, 0.1) is 0 Å². The third-order valence-electron chi connectivity index (χ3n) is 2.07. The van der Waals surface area contributed by atoms with Crippen LogP contribution in [0.15, 0.2) is 36.8 Å². The van der Waals surface area contributed by atoms with Crippen LogP contribution in [-0.4, -0.2) is 17.1 Å². The van der Waals surface area contributed by atoms with Crippen LogP contribution in [0.5, 0.6) is 5.75 Å². The molecule has 0 unspecified atom stereocenters. The Morgan fingerprint density at radius 3 is 3.00 bits per heavy atom. The average Bonchev–Trinajstić information content (AvgIpc) is 2.32. The average molecular weight is 216 g/mol. The summed E-state index contributed by atoms with van der Waals surface area (Å²) in [5, 5.41) is 3.09. The molecule has 0 saturated heterocycles. The van der Waals surface area contributed by atoms with Crippen molar-refractivity contribution in [2.45, 2.75) is 0 Å². The zero-order valence-corrected chi connectivity index (χ0v) is 8.84. The highest BCUT2D eigenvalue weighted by Crippen LogP contribution is 2.22. The van der Waals surface area contributed by atoms with Gasteiger partial charge in [-0.3, -0.25) is 0 Å². The molecule has 0 bridgehead atoms. The van der Waals surface area contributed by atoms with Gasteiger partial charge in [0.2, 0.25) is 0 Å². The van der Waals surface area contributed by atoms with Crippen LogP contribution in [-0.2, 0) is 0 Å².